The number of ether oxygens (including phenoxy) is 1. The van der Waals surface area contributed by atoms with E-state index in [0.29, 0.717) is 13.2 Å². The molecule has 0 spiro atoms. The molecule has 4 nitrogen and oxygen atoms in total. The Bertz CT molecular complexity index is 279. The molecule has 19 heavy (non-hydrogen) atoms. The highest BCUT2D eigenvalue weighted by atomic mass is 16.5. The molecule has 1 rings (SSSR count). The van der Waals surface area contributed by atoms with Crippen LogP contribution in [0.2, 0.25) is 0 Å². The lowest BCUT2D eigenvalue weighted by Gasteiger charge is -2.18. The van der Waals surface area contributed by atoms with Gasteiger partial charge in [-0.25, -0.2) is 0 Å². The van der Waals surface area contributed by atoms with Crippen LogP contribution in [-0.4, -0.2) is 36.5 Å². The molecule has 0 aliphatic carbocycles. The highest BCUT2D eigenvalue weighted by molar-refractivity contribution is 5.94. The summed E-state index contributed by atoms with van der Waals surface area (Å²) < 4.78 is 4.88. The smallest absolute Gasteiger partial charge is 0.315 e. The summed E-state index contributed by atoms with van der Waals surface area (Å²) in [6.45, 7) is 3.90. The molecular formula is C15H27NO3. The van der Waals surface area contributed by atoms with Crippen molar-refractivity contribution in [3.05, 3.63) is 0 Å². The molecule has 4 heteroatoms. The molecule has 1 saturated heterocycles. The number of hydrogen-bond acceptors (Lipinski definition) is 3. The van der Waals surface area contributed by atoms with Crippen LogP contribution in [0.1, 0.15) is 64.7 Å². The summed E-state index contributed by atoms with van der Waals surface area (Å²) in [6, 6.07) is 0. The number of cyclic esters (lactones) is 1. The molecule has 0 aromatic carbocycles. The Hall–Kier alpha value is -1.06. The topological polar surface area (TPSA) is 46.6 Å². The highest BCUT2D eigenvalue weighted by Crippen LogP contribution is 2.10. The predicted molar refractivity (Wildman–Crippen MR) is 74.8 cm³/mol. The quantitative estimate of drug-likeness (QED) is 0.367. The fraction of sp³-hybridized carbons (Fsp3) is 0.867. The molecular weight excluding hydrogens is 242 g/mol. The lowest BCUT2D eigenvalue weighted by molar-refractivity contribution is -0.144. The van der Waals surface area contributed by atoms with Crippen LogP contribution in [0.4, 0.5) is 0 Å². The van der Waals surface area contributed by atoms with Crippen LogP contribution in [0.5, 0.6) is 0 Å². The number of carbonyl (C=O) groups excluding carboxylic acids is 2. The van der Waals surface area contributed by atoms with E-state index in [0.717, 1.165) is 13.0 Å². The normalized spacial score (nSPS) is 16.4. The van der Waals surface area contributed by atoms with Gasteiger partial charge in [0, 0.05) is 6.54 Å². The van der Waals surface area contributed by atoms with Crippen molar-refractivity contribution in [3.63, 3.8) is 0 Å². The number of nitrogens with zero attached hydrogens (tertiary/aromatic N) is 1. The average molecular weight is 269 g/mol. The van der Waals surface area contributed by atoms with E-state index in [1.54, 1.807) is 4.90 Å². The Morgan fingerprint density at radius 2 is 1.63 bits per heavy atom. The summed E-state index contributed by atoms with van der Waals surface area (Å²) >= 11 is 0. The molecule has 110 valence electrons. The lowest BCUT2D eigenvalue weighted by Crippen LogP contribution is -2.32. The second kappa shape index (κ2) is 9.82. The third-order valence-corrected chi connectivity index (χ3v) is 3.55. The maximum Gasteiger partial charge on any atom is 0.315 e. The third-order valence-electron chi connectivity index (χ3n) is 3.55. The lowest BCUT2D eigenvalue weighted by atomic mass is 10.1. The first-order valence-corrected chi connectivity index (χ1v) is 7.67. The van der Waals surface area contributed by atoms with Crippen molar-refractivity contribution in [2.24, 2.45) is 0 Å². The van der Waals surface area contributed by atoms with Crippen molar-refractivity contribution in [2.75, 3.05) is 19.7 Å². The van der Waals surface area contributed by atoms with Crippen molar-refractivity contribution in [1.29, 1.82) is 0 Å². The molecule has 0 aromatic heterocycles. The average Bonchev–Trinajstić information content (AvgIpc) is 2.54. The van der Waals surface area contributed by atoms with E-state index in [9.17, 15) is 9.59 Å². The number of hydrogen-bond donors (Lipinski definition) is 0. The van der Waals surface area contributed by atoms with Crippen molar-refractivity contribution < 1.29 is 14.3 Å². The Morgan fingerprint density at radius 1 is 1.00 bits per heavy atom. The van der Waals surface area contributed by atoms with Gasteiger partial charge in [0.15, 0.2) is 0 Å². The number of rotatable bonds is 9. The van der Waals surface area contributed by atoms with E-state index in [-0.39, 0.29) is 18.3 Å². The Kier molecular flexibility index (Phi) is 8.26. The molecule has 0 unspecified atom stereocenters. The third kappa shape index (κ3) is 7.19. The molecule has 1 aliphatic heterocycles. The summed E-state index contributed by atoms with van der Waals surface area (Å²) in [7, 11) is 0. The van der Waals surface area contributed by atoms with Gasteiger partial charge >= 0.3 is 5.97 Å². The maximum absolute atomic E-state index is 11.7. The fourth-order valence-corrected chi connectivity index (χ4v) is 2.35. The van der Waals surface area contributed by atoms with Crippen molar-refractivity contribution in [2.45, 2.75) is 64.7 Å². The number of unbranched alkanes of at least 4 members (excludes halogenated alkanes) is 7. The van der Waals surface area contributed by atoms with Crippen molar-refractivity contribution in [1.82, 2.24) is 4.90 Å². The standard InChI is InChI=1S/C15H27NO3/c1-2-3-4-5-6-7-8-9-10-16-11-12-19-15(18)13-14(16)17/h2-13H2,1H3. The SMILES string of the molecule is CCCCCCCCCCN1CCOC(=O)CC1=O. The summed E-state index contributed by atoms with van der Waals surface area (Å²) in [4.78, 5) is 24.5. The fourth-order valence-electron chi connectivity index (χ4n) is 2.35. The van der Waals surface area contributed by atoms with E-state index >= 15 is 0 Å². The number of carbonyl (C=O) groups is 2. The molecule has 1 heterocycles. The molecule has 1 fully saturated rings. The van der Waals surface area contributed by atoms with Gasteiger partial charge in [0.2, 0.25) is 5.91 Å². The molecule has 0 atom stereocenters. The minimum absolute atomic E-state index is 0.0783. The molecule has 0 radical (unpaired) electrons. The van der Waals surface area contributed by atoms with Gasteiger partial charge < -0.3 is 9.64 Å². The summed E-state index contributed by atoms with van der Waals surface area (Å²) in [5.41, 5.74) is 0. The van der Waals surface area contributed by atoms with Gasteiger partial charge in [-0.15, -0.1) is 0 Å². The molecule has 1 amide bonds. The van der Waals surface area contributed by atoms with Gasteiger partial charge in [-0.1, -0.05) is 51.9 Å². The molecule has 0 saturated carbocycles. The van der Waals surface area contributed by atoms with E-state index in [1.165, 1.54) is 44.9 Å². The van der Waals surface area contributed by atoms with E-state index < -0.39 is 0 Å². The van der Waals surface area contributed by atoms with Gasteiger partial charge in [-0.2, -0.15) is 0 Å². The first-order valence-electron chi connectivity index (χ1n) is 7.67. The van der Waals surface area contributed by atoms with Gasteiger partial charge in [-0.05, 0) is 6.42 Å². The van der Waals surface area contributed by atoms with Crippen LogP contribution < -0.4 is 0 Å². The second-order valence-corrected chi connectivity index (χ2v) is 5.25. The van der Waals surface area contributed by atoms with E-state index in [2.05, 4.69) is 6.92 Å². The van der Waals surface area contributed by atoms with Crippen LogP contribution in [0.25, 0.3) is 0 Å². The second-order valence-electron chi connectivity index (χ2n) is 5.25. The number of amides is 1. The van der Waals surface area contributed by atoms with Crippen molar-refractivity contribution >= 4 is 11.9 Å². The highest BCUT2D eigenvalue weighted by Gasteiger charge is 2.21. The minimum atomic E-state index is -0.386. The summed E-state index contributed by atoms with van der Waals surface area (Å²) in [5, 5.41) is 0. The predicted octanol–water partition coefficient (Wildman–Crippen LogP) is 2.90. The van der Waals surface area contributed by atoms with Gasteiger partial charge in [0.05, 0.1) is 6.54 Å². The zero-order valence-corrected chi connectivity index (χ0v) is 12.2. The van der Waals surface area contributed by atoms with Crippen LogP contribution >= 0.6 is 0 Å². The Labute approximate surface area is 116 Å². The summed E-state index contributed by atoms with van der Waals surface area (Å²) in [5.74, 6) is -0.464. The monoisotopic (exact) mass is 269 g/mol. The zero-order chi connectivity index (χ0) is 13.9. The van der Waals surface area contributed by atoms with Crippen molar-refractivity contribution in [3.8, 4) is 0 Å². The first-order chi connectivity index (χ1) is 9.24. The zero-order valence-electron chi connectivity index (χ0n) is 12.2. The Balaban J connectivity index is 2.02. The van der Waals surface area contributed by atoms with Gasteiger partial charge in [-0.3, -0.25) is 9.59 Å². The molecule has 0 N–H and O–H groups in total. The minimum Gasteiger partial charge on any atom is -0.463 e. The largest absolute Gasteiger partial charge is 0.463 e. The van der Waals surface area contributed by atoms with Crippen LogP contribution in [0, 0.1) is 0 Å². The molecule has 0 bridgehead atoms. The van der Waals surface area contributed by atoms with E-state index in [1.807, 2.05) is 0 Å². The van der Waals surface area contributed by atoms with Crippen LogP contribution in [0.3, 0.4) is 0 Å². The molecule has 1 aliphatic rings. The Morgan fingerprint density at radius 3 is 2.32 bits per heavy atom. The summed E-state index contributed by atoms with van der Waals surface area (Å²) in [6.07, 6.45) is 9.99. The number of esters is 1. The molecule has 0 aromatic rings. The maximum atomic E-state index is 11.7. The van der Waals surface area contributed by atoms with Gasteiger partial charge in [0.25, 0.3) is 0 Å². The van der Waals surface area contributed by atoms with Gasteiger partial charge in [0.1, 0.15) is 13.0 Å². The first kappa shape index (κ1) is 16.0. The van der Waals surface area contributed by atoms with Crippen LogP contribution in [-0.2, 0) is 14.3 Å². The van der Waals surface area contributed by atoms with Crippen LogP contribution in [0.15, 0.2) is 0 Å². The van der Waals surface area contributed by atoms with E-state index in [4.69, 9.17) is 4.74 Å².